The minimum atomic E-state index is 0.549. The van der Waals surface area contributed by atoms with Crippen LogP contribution in [0.2, 0.25) is 0 Å². The van der Waals surface area contributed by atoms with Crippen LogP contribution in [-0.4, -0.2) is 19.7 Å². The minimum absolute atomic E-state index is 0.549. The van der Waals surface area contributed by atoms with Gasteiger partial charge in [0.2, 0.25) is 0 Å². The molecule has 0 unspecified atom stereocenters. The molecule has 0 saturated heterocycles. The highest BCUT2D eigenvalue weighted by Crippen LogP contribution is 2.21. The molecule has 0 bridgehead atoms. The van der Waals surface area contributed by atoms with E-state index in [-0.39, 0.29) is 0 Å². The number of hydrogen-bond acceptors (Lipinski definition) is 4. The van der Waals surface area contributed by atoms with Gasteiger partial charge in [0.15, 0.2) is 5.82 Å². The quantitative estimate of drug-likeness (QED) is 0.739. The standard InChI is InChI=1S/C13H11N5/c14-12-8-11(10-4-2-1-3-5-10)17-18(12)13-6-7-15-9-16-13/h1-9H,14H2. The molecule has 3 rings (SSSR count). The van der Waals surface area contributed by atoms with Gasteiger partial charge in [-0.05, 0) is 0 Å². The van der Waals surface area contributed by atoms with E-state index in [9.17, 15) is 0 Å². The number of anilines is 1. The van der Waals surface area contributed by atoms with E-state index in [0.29, 0.717) is 11.6 Å². The predicted molar refractivity (Wildman–Crippen MR) is 69.0 cm³/mol. The number of nitrogens with zero attached hydrogens (tertiary/aromatic N) is 4. The van der Waals surface area contributed by atoms with Crippen LogP contribution in [-0.2, 0) is 0 Å². The summed E-state index contributed by atoms with van der Waals surface area (Å²) >= 11 is 0. The van der Waals surface area contributed by atoms with E-state index >= 15 is 0 Å². The molecule has 5 nitrogen and oxygen atoms in total. The summed E-state index contributed by atoms with van der Waals surface area (Å²) in [5.74, 6) is 1.21. The second-order valence-electron chi connectivity index (χ2n) is 3.80. The highest BCUT2D eigenvalue weighted by atomic mass is 15.3. The fraction of sp³-hybridized carbons (Fsp3) is 0. The van der Waals surface area contributed by atoms with Crippen molar-refractivity contribution in [3.63, 3.8) is 0 Å². The third kappa shape index (κ3) is 1.82. The third-order valence-corrected chi connectivity index (χ3v) is 2.59. The fourth-order valence-corrected chi connectivity index (χ4v) is 1.74. The van der Waals surface area contributed by atoms with Gasteiger partial charge in [-0.2, -0.15) is 9.78 Å². The molecule has 0 spiro atoms. The van der Waals surface area contributed by atoms with E-state index in [1.165, 1.54) is 6.33 Å². The summed E-state index contributed by atoms with van der Waals surface area (Å²) < 4.78 is 1.60. The Labute approximate surface area is 104 Å². The lowest BCUT2D eigenvalue weighted by atomic mass is 10.2. The molecule has 0 aliphatic heterocycles. The SMILES string of the molecule is Nc1cc(-c2ccccc2)nn1-c1ccncn1. The maximum absolute atomic E-state index is 5.95. The Morgan fingerprint density at radius 2 is 1.89 bits per heavy atom. The normalized spacial score (nSPS) is 10.4. The first kappa shape index (κ1) is 10.5. The molecular formula is C13H11N5. The second kappa shape index (κ2) is 4.29. The van der Waals surface area contributed by atoms with Gasteiger partial charge in [0.25, 0.3) is 0 Å². The zero-order valence-electron chi connectivity index (χ0n) is 9.56. The molecule has 0 fully saturated rings. The van der Waals surface area contributed by atoms with Crippen molar-refractivity contribution in [1.82, 2.24) is 19.7 Å². The minimum Gasteiger partial charge on any atom is -0.384 e. The summed E-state index contributed by atoms with van der Waals surface area (Å²) in [4.78, 5) is 8.00. The van der Waals surface area contributed by atoms with E-state index in [4.69, 9.17) is 5.73 Å². The molecule has 2 aromatic heterocycles. The average molecular weight is 237 g/mol. The second-order valence-corrected chi connectivity index (χ2v) is 3.80. The van der Waals surface area contributed by atoms with Crippen molar-refractivity contribution in [3.05, 3.63) is 55.0 Å². The smallest absolute Gasteiger partial charge is 0.159 e. The summed E-state index contributed by atoms with van der Waals surface area (Å²) in [7, 11) is 0. The maximum atomic E-state index is 5.95. The van der Waals surface area contributed by atoms with Crippen molar-refractivity contribution in [2.45, 2.75) is 0 Å². The molecule has 2 N–H and O–H groups in total. The molecule has 5 heteroatoms. The van der Waals surface area contributed by atoms with Crippen molar-refractivity contribution in [1.29, 1.82) is 0 Å². The van der Waals surface area contributed by atoms with Crippen molar-refractivity contribution < 1.29 is 0 Å². The molecular weight excluding hydrogens is 226 g/mol. The Morgan fingerprint density at radius 3 is 2.61 bits per heavy atom. The topological polar surface area (TPSA) is 69.6 Å². The molecule has 18 heavy (non-hydrogen) atoms. The van der Waals surface area contributed by atoms with Gasteiger partial charge >= 0.3 is 0 Å². The van der Waals surface area contributed by atoms with Gasteiger partial charge in [-0.3, -0.25) is 0 Å². The summed E-state index contributed by atoms with van der Waals surface area (Å²) in [6.45, 7) is 0. The fourth-order valence-electron chi connectivity index (χ4n) is 1.74. The predicted octanol–water partition coefficient (Wildman–Crippen LogP) is 1.91. The van der Waals surface area contributed by atoms with E-state index in [1.807, 2.05) is 36.4 Å². The van der Waals surface area contributed by atoms with Gasteiger partial charge in [0.1, 0.15) is 12.1 Å². The maximum Gasteiger partial charge on any atom is 0.159 e. The molecule has 0 atom stereocenters. The summed E-state index contributed by atoms with van der Waals surface area (Å²) in [5.41, 5.74) is 7.80. The van der Waals surface area contributed by atoms with Crippen LogP contribution in [0.1, 0.15) is 0 Å². The van der Waals surface area contributed by atoms with Crippen LogP contribution in [0.5, 0.6) is 0 Å². The number of hydrogen-bond donors (Lipinski definition) is 1. The van der Waals surface area contributed by atoms with E-state index in [1.54, 1.807) is 16.9 Å². The van der Waals surface area contributed by atoms with Crippen LogP contribution in [0, 0.1) is 0 Å². The zero-order chi connectivity index (χ0) is 12.4. The van der Waals surface area contributed by atoms with Crippen LogP contribution < -0.4 is 5.73 Å². The first-order valence-corrected chi connectivity index (χ1v) is 5.52. The number of nitrogens with two attached hydrogens (primary N) is 1. The number of aromatic nitrogens is 4. The van der Waals surface area contributed by atoms with Gasteiger partial charge in [-0.15, -0.1) is 0 Å². The first-order valence-electron chi connectivity index (χ1n) is 5.52. The Bertz CT molecular complexity index is 646. The summed E-state index contributed by atoms with van der Waals surface area (Å²) in [6, 6.07) is 13.5. The lowest BCUT2D eigenvalue weighted by Gasteiger charge is -2.00. The Balaban J connectivity index is 2.07. The molecule has 1 aromatic carbocycles. The molecule has 88 valence electrons. The third-order valence-electron chi connectivity index (χ3n) is 2.59. The lowest BCUT2D eigenvalue weighted by Crippen LogP contribution is -2.03. The Hall–Kier alpha value is -2.69. The zero-order valence-corrected chi connectivity index (χ0v) is 9.56. The van der Waals surface area contributed by atoms with Gasteiger partial charge in [0.05, 0.1) is 5.69 Å². The van der Waals surface area contributed by atoms with E-state index < -0.39 is 0 Å². The highest BCUT2D eigenvalue weighted by Gasteiger charge is 2.08. The Morgan fingerprint density at radius 1 is 1.06 bits per heavy atom. The van der Waals surface area contributed by atoms with Crippen molar-refractivity contribution in [2.24, 2.45) is 0 Å². The Kier molecular flexibility index (Phi) is 2.49. The molecule has 0 saturated carbocycles. The lowest BCUT2D eigenvalue weighted by molar-refractivity contribution is 0.852. The largest absolute Gasteiger partial charge is 0.384 e. The molecule has 2 heterocycles. The monoisotopic (exact) mass is 237 g/mol. The van der Waals surface area contributed by atoms with Crippen LogP contribution in [0.4, 0.5) is 5.82 Å². The van der Waals surface area contributed by atoms with Gasteiger partial charge < -0.3 is 5.73 Å². The van der Waals surface area contributed by atoms with Gasteiger partial charge in [-0.1, -0.05) is 30.3 Å². The number of nitrogen functional groups attached to an aromatic ring is 1. The van der Waals surface area contributed by atoms with Crippen LogP contribution in [0.3, 0.4) is 0 Å². The van der Waals surface area contributed by atoms with Crippen LogP contribution in [0.15, 0.2) is 55.0 Å². The molecule has 0 aliphatic rings. The molecule has 0 amide bonds. The van der Waals surface area contributed by atoms with Gasteiger partial charge in [0, 0.05) is 23.9 Å². The summed E-state index contributed by atoms with van der Waals surface area (Å²) in [5, 5.41) is 4.45. The number of rotatable bonds is 2. The molecule has 0 radical (unpaired) electrons. The highest BCUT2D eigenvalue weighted by molar-refractivity contribution is 5.63. The molecule has 3 aromatic rings. The van der Waals surface area contributed by atoms with Gasteiger partial charge in [-0.25, -0.2) is 9.97 Å². The van der Waals surface area contributed by atoms with Crippen LogP contribution in [0.25, 0.3) is 17.1 Å². The van der Waals surface area contributed by atoms with Crippen molar-refractivity contribution >= 4 is 5.82 Å². The van der Waals surface area contributed by atoms with Crippen LogP contribution >= 0.6 is 0 Å². The van der Waals surface area contributed by atoms with E-state index in [0.717, 1.165) is 11.3 Å². The molecule has 0 aliphatic carbocycles. The van der Waals surface area contributed by atoms with Crippen molar-refractivity contribution in [2.75, 3.05) is 5.73 Å². The average Bonchev–Trinajstić information content (AvgIpc) is 2.83. The van der Waals surface area contributed by atoms with Crippen molar-refractivity contribution in [3.8, 4) is 17.1 Å². The summed E-state index contributed by atoms with van der Waals surface area (Å²) in [6.07, 6.45) is 3.13. The van der Waals surface area contributed by atoms with E-state index in [2.05, 4.69) is 15.1 Å². The number of benzene rings is 1. The first-order chi connectivity index (χ1) is 8.84.